The summed E-state index contributed by atoms with van der Waals surface area (Å²) in [7, 11) is -3.43. The zero-order chi connectivity index (χ0) is 24.3. The van der Waals surface area contributed by atoms with Crippen LogP contribution in [0.3, 0.4) is 0 Å². The van der Waals surface area contributed by atoms with Gasteiger partial charge in [0.2, 0.25) is 10.0 Å². The Morgan fingerprint density at radius 2 is 1.53 bits per heavy atom. The summed E-state index contributed by atoms with van der Waals surface area (Å²) in [6, 6.07) is 15.3. The molecule has 174 valence electrons. The van der Waals surface area contributed by atoms with Crippen molar-refractivity contribution in [1.82, 2.24) is 4.98 Å². The molecule has 0 aliphatic heterocycles. The number of benzene rings is 2. The molecule has 4 aromatic rings. The molecule has 0 radical (unpaired) electrons. The van der Waals surface area contributed by atoms with Gasteiger partial charge in [0.1, 0.15) is 0 Å². The molecule has 0 bridgehead atoms. The van der Waals surface area contributed by atoms with Crippen molar-refractivity contribution in [2.24, 2.45) is 0 Å². The van der Waals surface area contributed by atoms with E-state index in [-0.39, 0.29) is 5.91 Å². The maximum Gasteiger partial charge on any atom is 0.265 e. The maximum absolute atomic E-state index is 12.7. The average molecular weight is 513 g/mol. The van der Waals surface area contributed by atoms with Gasteiger partial charge in [0.15, 0.2) is 0 Å². The van der Waals surface area contributed by atoms with E-state index in [0.717, 1.165) is 33.9 Å². The molecule has 0 atom stereocenters. The molecule has 0 unspecified atom stereocenters. The normalized spacial score (nSPS) is 11.1. The fourth-order valence-electron chi connectivity index (χ4n) is 3.10. The lowest BCUT2D eigenvalue weighted by atomic mass is 10.1. The third-order valence-electron chi connectivity index (χ3n) is 4.54. The minimum atomic E-state index is -3.43. The van der Waals surface area contributed by atoms with Gasteiger partial charge in [0, 0.05) is 27.7 Å². The van der Waals surface area contributed by atoms with E-state index in [1.54, 1.807) is 41.0 Å². The Morgan fingerprint density at radius 3 is 2.24 bits per heavy atom. The second-order valence-corrected chi connectivity index (χ2v) is 11.1. The summed E-state index contributed by atoms with van der Waals surface area (Å²) in [5, 5.41) is 10.1. The van der Waals surface area contributed by atoms with Crippen LogP contribution in [0.5, 0.6) is 0 Å². The van der Waals surface area contributed by atoms with Gasteiger partial charge < -0.3 is 10.6 Å². The fraction of sp³-hybridized carbons (Fsp3) is 0.0870. The summed E-state index contributed by atoms with van der Waals surface area (Å²) >= 11 is 2.70. The number of thiazole rings is 1. The molecule has 0 spiro atoms. The van der Waals surface area contributed by atoms with Crippen LogP contribution in [0.2, 0.25) is 0 Å². The van der Waals surface area contributed by atoms with Gasteiger partial charge in [0.25, 0.3) is 11.8 Å². The molecule has 0 saturated heterocycles. The number of hydrogen-bond acceptors (Lipinski definition) is 7. The highest BCUT2D eigenvalue weighted by molar-refractivity contribution is 7.92. The molecule has 2 amide bonds. The number of rotatable bonds is 7. The highest BCUT2D eigenvalue weighted by atomic mass is 32.2. The summed E-state index contributed by atoms with van der Waals surface area (Å²) in [6.07, 6.45) is 1.05. The largest absolute Gasteiger partial charge is 0.322 e. The predicted octanol–water partition coefficient (Wildman–Crippen LogP) is 5.06. The summed E-state index contributed by atoms with van der Waals surface area (Å²) in [5.74, 6) is -0.734. The number of thiophene rings is 1. The molecule has 2 aromatic heterocycles. The number of carbonyl (C=O) groups excluding carboxylic acids is 2. The standard InChI is InChI=1S/C23H20N4O4S3/c1-14-24-20(13-32-14)15-5-3-6-17(9-15)25-22(28)16-10-21(33-12-16)23(29)26-18-7-4-8-19(11-18)27-34(2,30)31/h3-13,27H,1-2H3,(H,25,28)(H,26,29). The van der Waals surface area contributed by atoms with Crippen molar-refractivity contribution in [2.45, 2.75) is 6.92 Å². The van der Waals surface area contributed by atoms with Crippen molar-refractivity contribution in [3.8, 4) is 11.3 Å². The Morgan fingerprint density at radius 1 is 0.853 bits per heavy atom. The molecule has 8 nitrogen and oxygen atoms in total. The van der Waals surface area contributed by atoms with Gasteiger partial charge in [-0.15, -0.1) is 22.7 Å². The first-order valence-electron chi connectivity index (χ1n) is 9.98. The highest BCUT2D eigenvalue weighted by Gasteiger charge is 2.15. The molecule has 4 rings (SSSR count). The number of aromatic nitrogens is 1. The Balaban J connectivity index is 1.43. The highest BCUT2D eigenvalue weighted by Crippen LogP contribution is 2.25. The van der Waals surface area contributed by atoms with E-state index in [9.17, 15) is 18.0 Å². The van der Waals surface area contributed by atoms with Crippen molar-refractivity contribution >= 4 is 61.6 Å². The molecule has 2 aromatic carbocycles. The minimum absolute atomic E-state index is 0.332. The van der Waals surface area contributed by atoms with Gasteiger partial charge >= 0.3 is 0 Å². The molecule has 0 saturated carbocycles. The van der Waals surface area contributed by atoms with Crippen LogP contribution < -0.4 is 15.4 Å². The van der Waals surface area contributed by atoms with Crippen LogP contribution in [-0.4, -0.2) is 31.5 Å². The molecule has 11 heteroatoms. The lowest BCUT2D eigenvalue weighted by Gasteiger charge is -2.07. The quantitative estimate of drug-likeness (QED) is 0.320. The van der Waals surface area contributed by atoms with E-state index in [1.807, 2.05) is 30.5 Å². The Hall–Kier alpha value is -3.54. The van der Waals surface area contributed by atoms with Crippen LogP contribution in [0.1, 0.15) is 25.0 Å². The first-order chi connectivity index (χ1) is 16.2. The Labute approximate surface area is 204 Å². The number of carbonyl (C=O) groups is 2. The molecule has 0 fully saturated rings. The van der Waals surface area contributed by atoms with E-state index >= 15 is 0 Å². The summed E-state index contributed by atoms with van der Waals surface area (Å²) in [5.41, 5.74) is 3.50. The van der Waals surface area contributed by atoms with Crippen LogP contribution >= 0.6 is 22.7 Å². The number of sulfonamides is 1. The van der Waals surface area contributed by atoms with Crippen molar-refractivity contribution in [1.29, 1.82) is 0 Å². The average Bonchev–Trinajstić information content (AvgIpc) is 3.43. The summed E-state index contributed by atoms with van der Waals surface area (Å²) in [6.45, 7) is 1.94. The van der Waals surface area contributed by atoms with Crippen LogP contribution in [0.4, 0.5) is 17.1 Å². The van der Waals surface area contributed by atoms with Crippen molar-refractivity contribution in [2.75, 3.05) is 21.6 Å². The van der Waals surface area contributed by atoms with Crippen LogP contribution in [0, 0.1) is 6.92 Å². The molecular weight excluding hydrogens is 492 g/mol. The molecular formula is C23H20N4O4S3. The van der Waals surface area contributed by atoms with Gasteiger partial charge in [0.05, 0.1) is 33.1 Å². The van der Waals surface area contributed by atoms with E-state index < -0.39 is 15.9 Å². The van der Waals surface area contributed by atoms with Crippen molar-refractivity contribution in [3.63, 3.8) is 0 Å². The van der Waals surface area contributed by atoms with Gasteiger partial charge in [-0.1, -0.05) is 18.2 Å². The summed E-state index contributed by atoms with van der Waals surface area (Å²) in [4.78, 5) is 30.2. The molecule has 0 aliphatic carbocycles. The molecule has 34 heavy (non-hydrogen) atoms. The lowest BCUT2D eigenvalue weighted by Crippen LogP contribution is -2.13. The number of anilines is 3. The molecule has 3 N–H and O–H groups in total. The van der Waals surface area contributed by atoms with E-state index in [0.29, 0.717) is 27.5 Å². The van der Waals surface area contributed by atoms with E-state index in [2.05, 4.69) is 20.3 Å². The van der Waals surface area contributed by atoms with Crippen molar-refractivity contribution < 1.29 is 18.0 Å². The topological polar surface area (TPSA) is 117 Å². The molecule has 2 heterocycles. The number of aryl methyl sites for hydroxylation is 1. The van der Waals surface area contributed by atoms with E-state index in [4.69, 9.17) is 0 Å². The number of amides is 2. The first kappa shape index (κ1) is 23.6. The van der Waals surface area contributed by atoms with Gasteiger partial charge in [-0.25, -0.2) is 13.4 Å². The van der Waals surface area contributed by atoms with Crippen LogP contribution in [0.15, 0.2) is 65.4 Å². The zero-order valence-electron chi connectivity index (χ0n) is 18.2. The molecule has 0 aliphatic rings. The Bertz CT molecular complexity index is 1470. The second kappa shape index (κ2) is 9.75. The zero-order valence-corrected chi connectivity index (χ0v) is 20.6. The predicted molar refractivity (Wildman–Crippen MR) is 137 cm³/mol. The summed E-state index contributed by atoms with van der Waals surface area (Å²) < 4.78 is 25.2. The monoisotopic (exact) mass is 512 g/mol. The fourth-order valence-corrected chi connectivity index (χ4v) is 5.06. The van der Waals surface area contributed by atoms with Gasteiger partial charge in [-0.05, 0) is 43.3 Å². The first-order valence-corrected chi connectivity index (χ1v) is 13.6. The van der Waals surface area contributed by atoms with Gasteiger partial charge in [-0.2, -0.15) is 0 Å². The second-order valence-electron chi connectivity index (χ2n) is 7.40. The number of hydrogen-bond donors (Lipinski definition) is 3. The third kappa shape index (κ3) is 6.07. The van der Waals surface area contributed by atoms with Crippen LogP contribution in [-0.2, 0) is 10.0 Å². The smallest absolute Gasteiger partial charge is 0.265 e. The van der Waals surface area contributed by atoms with Crippen LogP contribution in [0.25, 0.3) is 11.3 Å². The number of nitrogens with zero attached hydrogens (tertiary/aromatic N) is 1. The SMILES string of the molecule is Cc1nc(-c2cccc(NC(=O)c3csc(C(=O)Nc4cccc(NS(C)(=O)=O)c4)c3)c2)cs1. The maximum atomic E-state index is 12.7. The third-order valence-corrected chi connectivity index (χ3v) is 6.85. The Kier molecular flexibility index (Phi) is 6.77. The number of nitrogens with one attached hydrogen (secondary N) is 3. The van der Waals surface area contributed by atoms with Crippen molar-refractivity contribution in [3.05, 3.63) is 80.8 Å². The van der Waals surface area contributed by atoms with E-state index in [1.165, 1.54) is 12.1 Å². The lowest BCUT2D eigenvalue weighted by molar-refractivity contribution is 0.102. The minimum Gasteiger partial charge on any atom is -0.322 e. The van der Waals surface area contributed by atoms with Gasteiger partial charge in [-0.3, -0.25) is 14.3 Å².